The summed E-state index contributed by atoms with van der Waals surface area (Å²) < 4.78 is 0. The van der Waals surface area contributed by atoms with Crippen molar-refractivity contribution in [3.05, 3.63) is 73.4 Å². The number of pyridine rings is 1. The van der Waals surface area contributed by atoms with Gasteiger partial charge in [-0.3, -0.25) is 19.7 Å². The van der Waals surface area contributed by atoms with E-state index in [4.69, 9.17) is 11.6 Å². The number of rotatable bonds is 4. The van der Waals surface area contributed by atoms with Crippen LogP contribution in [0.5, 0.6) is 0 Å². The number of nitro groups is 1. The number of halogens is 1. The molecule has 2 N–H and O–H groups in total. The minimum Gasteiger partial charge on any atom is -0.341 e. The molecule has 0 unspecified atom stereocenters. The molecule has 126 valence electrons. The first kappa shape index (κ1) is 16.7. The number of aromatic nitrogens is 1. The van der Waals surface area contributed by atoms with Crippen molar-refractivity contribution in [2.45, 2.75) is 6.92 Å². The van der Waals surface area contributed by atoms with Gasteiger partial charge in [0, 0.05) is 17.8 Å². The van der Waals surface area contributed by atoms with Crippen molar-refractivity contribution in [3.8, 4) is 0 Å². The number of carbonyl (C=O) groups is 1. The number of nitrogens with one attached hydrogen (secondary N) is 2. The predicted molar refractivity (Wildman–Crippen MR) is 96.0 cm³/mol. The number of carbonyl (C=O) groups excluding carboxylic acids is 1. The van der Waals surface area contributed by atoms with Gasteiger partial charge in [0.2, 0.25) is 5.43 Å². The molecule has 2 aromatic carbocycles. The number of nitro benzene ring substituents is 1. The summed E-state index contributed by atoms with van der Waals surface area (Å²) in [5.41, 5.74) is -0.168. The maximum Gasteiger partial charge on any atom is 0.271 e. The minimum atomic E-state index is -0.645. The molecule has 25 heavy (non-hydrogen) atoms. The molecule has 0 saturated carbocycles. The maximum atomic E-state index is 12.7. The molecule has 0 aliphatic carbocycles. The van der Waals surface area contributed by atoms with E-state index in [2.05, 4.69) is 10.3 Å². The smallest absolute Gasteiger partial charge is 0.271 e. The largest absolute Gasteiger partial charge is 0.341 e. The summed E-state index contributed by atoms with van der Waals surface area (Å²) in [6, 6.07) is 11.2. The number of fused-ring (bicyclic) bond motifs is 1. The van der Waals surface area contributed by atoms with E-state index >= 15 is 0 Å². The zero-order valence-corrected chi connectivity index (χ0v) is 13.8. The van der Waals surface area contributed by atoms with E-state index in [0.29, 0.717) is 5.69 Å². The maximum absolute atomic E-state index is 12.7. The molecule has 3 aromatic rings. The Bertz CT molecular complexity index is 1060. The van der Waals surface area contributed by atoms with Gasteiger partial charge >= 0.3 is 0 Å². The molecule has 8 heteroatoms. The van der Waals surface area contributed by atoms with Crippen molar-refractivity contribution in [1.29, 1.82) is 0 Å². The van der Waals surface area contributed by atoms with Gasteiger partial charge in [0.1, 0.15) is 11.4 Å². The van der Waals surface area contributed by atoms with Crippen LogP contribution in [-0.4, -0.2) is 15.7 Å². The molecule has 0 spiro atoms. The molecule has 0 saturated heterocycles. The van der Waals surface area contributed by atoms with Crippen molar-refractivity contribution >= 4 is 45.5 Å². The Morgan fingerprint density at radius 3 is 2.52 bits per heavy atom. The first-order valence-corrected chi connectivity index (χ1v) is 7.63. The number of non-ortho nitro benzene ring substituents is 1. The van der Waals surface area contributed by atoms with Crippen LogP contribution in [0.2, 0.25) is 5.02 Å². The Labute approximate surface area is 146 Å². The van der Waals surface area contributed by atoms with Crippen molar-refractivity contribution in [3.63, 3.8) is 0 Å². The summed E-state index contributed by atoms with van der Waals surface area (Å²) in [5, 5.41) is 14.0. The lowest BCUT2D eigenvalue weighted by atomic mass is 10.1. The monoisotopic (exact) mass is 357 g/mol. The number of ketones is 1. The van der Waals surface area contributed by atoms with Gasteiger partial charge in [-0.2, -0.15) is 0 Å². The molecular weight excluding hydrogens is 346 g/mol. The normalized spacial score (nSPS) is 10.6. The molecule has 7 nitrogen and oxygen atoms in total. The van der Waals surface area contributed by atoms with Crippen LogP contribution in [0, 0.1) is 10.1 Å². The van der Waals surface area contributed by atoms with Crippen LogP contribution >= 0.6 is 11.6 Å². The Morgan fingerprint density at radius 2 is 1.92 bits per heavy atom. The third-order valence-electron chi connectivity index (χ3n) is 3.65. The highest BCUT2D eigenvalue weighted by molar-refractivity contribution is 6.35. The number of benzene rings is 2. The first-order chi connectivity index (χ1) is 11.9. The van der Waals surface area contributed by atoms with E-state index in [-0.39, 0.29) is 33.0 Å². The van der Waals surface area contributed by atoms with Gasteiger partial charge in [0.05, 0.1) is 20.8 Å². The number of H-pyrrole nitrogens is 1. The standard InChI is InChI=1S/C17H12ClN3O4/c1-9(22)14-16(23)12-7-11(21(24)25)8-13(18)15(12)20-17(14)19-10-5-3-2-4-6-10/h2-8H,1H3,(H2,19,20,23). The number of anilines is 2. The number of Topliss-reactive ketones (excluding diaryl/α,β-unsaturated/α-hetero) is 1. The fraction of sp³-hybridized carbons (Fsp3) is 0.0588. The van der Waals surface area contributed by atoms with Crippen molar-refractivity contribution in [2.75, 3.05) is 5.32 Å². The highest BCUT2D eigenvalue weighted by Gasteiger charge is 2.20. The lowest BCUT2D eigenvalue weighted by Gasteiger charge is -2.12. The Kier molecular flexibility index (Phi) is 4.24. The fourth-order valence-corrected chi connectivity index (χ4v) is 2.80. The summed E-state index contributed by atoms with van der Waals surface area (Å²) in [5.74, 6) is -0.281. The highest BCUT2D eigenvalue weighted by Crippen LogP contribution is 2.29. The van der Waals surface area contributed by atoms with Gasteiger partial charge in [-0.25, -0.2) is 0 Å². The number of hydrogen-bond donors (Lipinski definition) is 2. The molecule has 0 fully saturated rings. The van der Waals surface area contributed by atoms with Gasteiger partial charge in [-0.05, 0) is 19.1 Å². The third-order valence-corrected chi connectivity index (χ3v) is 3.95. The molecule has 0 bridgehead atoms. The molecular formula is C17H12ClN3O4. The second-order valence-electron chi connectivity index (χ2n) is 5.36. The summed E-state index contributed by atoms with van der Waals surface area (Å²) in [4.78, 5) is 38.0. The molecule has 0 atom stereocenters. The van der Waals surface area contributed by atoms with Crippen LogP contribution in [0.15, 0.2) is 47.3 Å². The molecule has 1 heterocycles. The molecule has 0 aliphatic rings. The average Bonchev–Trinajstić information content (AvgIpc) is 2.56. The van der Waals surface area contributed by atoms with E-state index in [9.17, 15) is 19.7 Å². The number of hydrogen-bond acceptors (Lipinski definition) is 5. The van der Waals surface area contributed by atoms with E-state index in [0.717, 1.165) is 12.1 Å². The van der Waals surface area contributed by atoms with Crippen LogP contribution in [0.4, 0.5) is 17.2 Å². The predicted octanol–water partition coefficient (Wildman–Crippen LogP) is 4.04. The zero-order chi connectivity index (χ0) is 18.1. The molecule has 1 aromatic heterocycles. The quantitative estimate of drug-likeness (QED) is 0.416. The van der Waals surface area contributed by atoms with E-state index < -0.39 is 16.1 Å². The Balaban J connectivity index is 2.31. The van der Waals surface area contributed by atoms with Gasteiger partial charge in [0.15, 0.2) is 5.78 Å². The lowest BCUT2D eigenvalue weighted by molar-refractivity contribution is -0.384. The summed E-state index contributed by atoms with van der Waals surface area (Å²) in [6.07, 6.45) is 0. The molecule has 0 aliphatic heterocycles. The van der Waals surface area contributed by atoms with Gasteiger partial charge < -0.3 is 10.3 Å². The number of aromatic amines is 1. The number of para-hydroxylation sites is 1. The van der Waals surface area contributed by atoms with E-state index in [1.807, 2.05) is 6.07 Å². The topological polar surface area (TPSA) is 105 Å². The minimum absolute atomic E-state index is 0.0111. The zero-order valence-electron chi connectivity index (χ0n) is 13.0. The van der Waals surface area contributed by atoms with Crippen LogP contribution in [0.1, 0.15) is 17.3 Å². The average molecular weight is 358 g/mol. The van der Waals surface area contributed by atoms with Gasteiger partial charge in [-0.1, -0.05) is 29.8 Å². The SMILES string of the molecule is CC(=O)c1c(Nc2ccccc2)[nH]c2c(Cl)cc([N+](=O)[O-])cc2c1=O. The number of nitrogens with zero attached hydrogens (tertiary/aromatic N) is 1. The second kappa shape index (κ2) is 6.37. The van der Waals surface area contributed by atoms with E-state index in [1.165, 1.54) is 6.92 Å². The van der Waals surface area contributed by atoms with Crippen LogP contribution in [0.25, 0.3) is 10.9 Å². The van der Waals surface area contributed by atoms with Crippen molar-refractivity contribution in [2.24, 2.45) is 0 Å². The first-order valence-electron chi connectivity index (χ1n) is 7.25. The summed E-state index contributed by atoms with van der Waals surface area (Å²) >= 11 is 6.10. The Morgan fingerprint density at radius 1 is 1.24 bits per heavy atom. The lowest BCUT2D eigenvalue weighted by Crippen LogP contribution is -2.18. The van der Waals surface area contributed by atoms with Gasteiger partial charge in [-0.15, -0.1) is 0 Å². The Hall–Kier alpha value is -3.19. The van der Waals surface area contributed by atoms with Crippen LogP contribution in [-0.2, 0) is 0 Å². The molecule has 3 rings (SSSR count). The van der Waals surface area contributed by atoms with Gasteiger partial charge in [0.25, 0.3) is 5.69 Å². The highest BCUT2D eigenvalue weighted by atomic mass is 35.5. The van der Waals surface area contributed by atoms with Crippen molar-refractivity contribution < 1.29 is 9.72 Å². The van der Waals surface area contributed by atoms with Crippen LogP contribution < -0.4 is 10.7 Å². The van der Waals surface area contributed by atoms with Crippen LogP contribution in [0.3, 0.4) is 0 Å². The molecule has 0 radical (unpaired) electrons. The third kappa shape index (κ3) is 3.09. The summed E-state index contributed by atoms with van der Waals surface area (Å²) in [6.45, 7) is 1.26. The molecule has 0 amide bonds. The van der Waals surface area contributed by atoms with E-state index in [1.54, 1.807) is 24.3 Å². The second-order valence-corrected chi connectivity index (χ2v) is 5.77. The van der Waals surface area contributed by atoms with Crippen molar-refractivity contribution in [1.82, 2.24) is 4.98 Å². The fourth-order valence-electron chi connectivity index (χ4n) is 2.54. The summed E-state index contributed by atoms with van der Waals surface area (Å²) in [7, 11) is 0.